The lowest BCUT2D eigenvalue weighted by Crippen LogP contribution is -2.34. The molecule has 21 heavy (non-hydrogen) atoms. The van der Waals surface area contributed by atoms with Gasteiger partial charge in [-0.25, -0.2) is 9.97 Å². The van der Waals surface area contributed by atoms with Crippen LogP contribution in [0.3, 0.4) is 0 Å². The zero-order chi connectivity index (χ0) is 14.8. The number of imidazole rings is 1. The molecule has 2 aromatic heterocycles. The lowest BCUT2D eigenvalue weighted by Gasteiger charge is -2.24. The van der Waals surface area contributed by atoms with Crippen LogP contribution in [0.2, 0.25) is 0 Å². The molecule has 0 radical (unpaired) electrons. The maximum Gasteiger partial charge on any atom is 0.160 e. The molecule has 1 unspecified atom stereocenters. The van der Waals surface area contributed by atoms with Gasteiger partial charge in [0.25, 0.3) is 0 Å². The third kappa shape index (κ3) is 3.10. The van der Waals surface area contributed by atoms with Gasteiger partial charge in [0.15, 0.2) is 5.65 Å². The number of rotatable bonds is 4. The predicted octanol–water partition coefficient (Wildman–Crippen LogP) is 3.40. The summed E-state index contributed by atoms with van der Waals surface area (Å²) in [6.07, 6.45) is 7.10. The van der Waals surface area contributed by atoms with Crippen LogP contribution in [-0.4, -0.2) is 27.1 Å². The minimum Gasteiger partial charge on any atom is -0.314 e. The number of hydrogen-bond acceptors (Lipinski definition) is 3. The summed E-state index contributed by atoms with van der Waals surface area (Å²) in [7, 11) is 0. The zero-order valence-corrected chi connectivity index (χ0v) is 13.4. The normalized spacial score (nSPS) is 19.5. The molecule has 114 valence electrons. The molecule has 1 N–H and O–H groups in total. The Bertz CT molecular complexity index is 609. The first-order valence-corrected chi connectivity index (χ1v) is 8.21. The molecule has 1 fully saturated rings. The van der Waals surface area contributed by atoms with Crippen molar-refractivity contribution in [3.8, 4) is 0 Å². The third-order valence-corrected chi connectivity index (χ3v) is 4.38. The fraction of sp³-hybridized carbons (Fsp3) is 0.647. The zero-order valence-electron chi connectivity index (χ0n) is 13.4. The second-order valence-electron chi connectivity index (χ2n) is 6.57. The van der Waals surface area contributed by atoms with Gasteiger partial charge in [-0.15, -0.1) is 0 Å². The monoisotopic (exact) mass is 286 g/mol. The van der Waals surface area contributed by atoms with Crippen molar-refractivity contribution in [2.24, 2.45) is 0 Å². The van der Waals surface area contributed by atoms with E-state index in [2.05, 4.69) is 41.7 Å². The Hall–Kier alpha value is -1.42. The highest BCUT2D eigenvalue weighted by atomic mass is 15.1. The van der Waals surface area contributed by atoms with Crippen molar-refractivity contribution in [2.45, 2.75) is 65.0 Å². The van der Waals surface area contributed by atoms with Gasteiger partial charge in [-0.3, -0.25) is 0 Å². The average molecular weight is 286 g/mol. The van der Waals surface area contributed by atoms with Gasteiger partial charge in [0.05, 0.1) is 0 Å². The van der Waals surface area contributed by atoms with Crippen molar-refractivity contribution in [2.75, 3.05) is 6.54 Å². The number of nitrogens with zero attached hydrogens (tertiary/aromatic N) is 3. The molecule has 1 saturated heterocycles. The van der Waals surface area contributed by atoms with Gasteiger partial charge in [-0.1, -0.05) is 20.3 Å². The van der Waals surface area contributed by atoms with E-state index in [0.29, 0.717) is 12.0 Å². The molecule has 1 atom stereocenters. The Labute approximate surface area is 127 Å². The topological polar surface area (TPSA) is 42.7 Å². The van der Waals surface area contributed by atoms with Crippen LogP contribution in [0.15, 0.2) is 12.3 Å². The van der Waals surface area contributed by atoms with Crippen LogP contribution in [0, 0.1) is 6.92 Å². The van der Waals surface area contributed by atoms with Crippen molar-refractivity contribution in [1.82, 2.24) is 19.9 Å². The number of nitrogens with one attached hydrogen (secondary N) is 1. The van der Waals surface area contributed by atoms with Gasteiger partial charge in [-0.2, -0.15) is 0 Å². The van der Waals surface area contributed by atoms with Crippen LogP contribution in [-0.2, 0) is 6.54 Å². The Morgan fingerprint density at radius 3 is 2.95 bits per heavy atom. The highest BCUT2D eigenvalue weighted by Gasteiger charge is 2.17. The van der Waals surface area contributed by atoms with Crippen LogP contribution in [0.5, 0.6) is 0 Å². The van der Waals surface area contributed by atoms with Gasteiger partial charge in [-0.05, 0) is 44.4 Å². The van der Waals surface area contributed by atoms with E-state index >= 15 is 0 Å². The number of aryl methyl sites for hydroxylation is 2. The van der Waals surface area contributed by atoms with Crippen LogP contribution in [0.4, 0.5) is 0 Å². The van der Waals surface area contributed by atoms with Crippen LogP contribution < -0.4 is 5.32 Å². The van der Waals surface area contributed by atoms with E-state index in [-0.39, 0.29) is 0 Å². The number of hydrogen-bond donors (Lipinski definition) is 1. The molecule has 3 heterocycles. The van der Waals surface area contributed by atoms with Crippen LogP contribution >= 0.6 is 0 Å². The summed E-state index contributed by atoms with van der Waals surface area (Å²) in [5.41, 5.74) is 3.26. The van der Waals surface area contributed by atoms with E-state index in [1.54, 1.807) is 0 Å². The summed E-state index contributed by atoms with van der Waals surface area (Å²) in [6, 6.07) is 2.80. The molecule has 3 rings (SSSR count). The fourth-order valence-corrected chi connectivity index (χ4v) is 3.25. The lowest BCUT2D eigenvalue weighted by atomic mass is 10.0. The van der Waals surface area contributed by atoms with Gasteiger partial charge >= 0.3 is 0 Å². The van der Waals surface area contributed by atoms with Gasteiger partial charge in [0.1, 0.15) is 11.3 Å². The van der Waals surface area contributed by atoms with Crippen molar-refractivity contribution in [3.05, 3.63) is 23.7 Å². The SMILES string of the molecule is Cc1cnc2c(c1)nc(C(C)C)n2CCC1CCCCN1. The van der Waals surface area contributed by atoms with E-state index in [9.17, 15) is 0 Å². The van der Waals surface area contributed by atoms with Gasteiger partial charge in [0.2, 0.25) is 0 Å². The first-order chi connectivity index (χ1) is 10.1. The number of pyridine rings is 1. The summed E-state index contributed by atoms with van der Waals surface area (Å²) < 4.78 is 2.33. The Kier molecular flexibility index (Phi) is 4.24. The Morgan fingerprint density at radius 1 is 1.38 bits per heavy atom. The summed E-state index contributed by atoms with van der Waals surface area (Å²) >= 11 is 0. The number of fused-ring (bicyclic) bond motifs is 1. The van der Waals surface area contributed by atoms with Crippen molar-refractivity contribution in [1.29, 1.82) is 0 Å². The Balaban J connectivity index is 1.86. The largest absolute Gasteiger partial charge is 0.314 e. The molecule has 0 bridgehead atoms. The van der Waals surface area contributed by atoms with Crippen molar-refractivity contribution < 1.29 is 0 Å². The molecule has 0 amide bonds. The fourth-order valence-electron chi connectivity index (χ4n) is 3.25. The first-order valence-electron chi connectivity index (χ1n) is 8.21. The van der Waals surface area contributed by atoms with E-state index in [1.807, 2.05) is 6.20 Å². The quantitative estimate of drug-likeness (QED) is 0.936. The second kappa shape index (κ2) is 6.14. The molecule has 2 aromatic rings. The van der Waals surface area contributed by atoms with E-state index in [4.69, 9.17) is 4.98 Å². The van der Waals surface area contributed by atoms with E-state index in [0.717, 1.165) is 17.7 Å². The van der Waals surface area contributed by atoms with E-state index < -0.39 is 0 Å². The third-order valence-electron chi connectivity index (χ3n) is 4.38. The van der Waals surface area contributed by atoms with Crippen molar-refractivity contribution in [3.63, 3.8) is 0 Å². The molecular weight excluding hydrogens is 260 g/mol. The molecule has 0 saturated carbocycles. The maximum absolute atomic E-state index is 4.82. The molecule has 1 aliphatic heterocycles. The Morgan fingerprint density at radius 2 is 2.24 bits per heavy atom. The second-order valence-corrected chi connectivity index (χ2v) is 6.57. The minimum absolute atomic E-state index is 0.429. The minimum atomic E-state index is 0.429. The maximum atomic E-state index is 4.82. The molecular formula is C17H26N4. The molecule has 4 heteroatoms. The standard InChI is InChI=1S/C17H26N4/c1-12(2)16-20-15-10-13(3)11-19-17(15)21(16)9-7-14-6-4-5-8-18-14/h10-12,14,18H,4-9H2,1-3H3. The summed E-state index contributed by atoms with van der Waals surface area (Å²) in [5, 5.41) is 3.63. The summed E-state index contributed by atoms with van der Waals surface area (Å²) in [5.74, 6) is 1.60. The van der Waals surface area contributed by atoms with Gasteiger partial charge in [0, 0.05) is 24.7 Å². The highest BCUT2D eigenvalue weighted by molar-refractivity contribution is 5.72. The number of piperidine rings is 1. The number of aromatic nitrogens is 3. The molecule has 0 spiro atoms. The summed E-state index contributed by atoms with van der Waals surface area (Å²) in [4.78, 5) is 9.44. The first kappa shape index (κ1) is 14.5. The molecule has 0 aromatic carbocycles. The van der Waals surface area contributed by atoms with Gasteiger partial charge < -0.3 is 9.88 Å². The smallest absolute Gasteiger partial charge is 0.160 e. The van der Waals surface area contributed by atoms with E-state index in [1.165, 1.54) is 43.6 Å². The average Bonchev–Trinajstić information content (AvgIpc) is 2.84. The highest BCUT2D eigenvalue weighted by Crippen LogP contribution is 2.22. The van der Waals surface area contributed by atoms with Crippen LogP contribution in [0.1, 0.15) is 56.8 Å². The lowest BCUT2D eigenvalue weighted by molar-refractivity contribution is 0.365. The predicted molar refractivity (Wildman–Crippen MR) is 86.6 cm³/mol. The molecule has 0 aliphatic carbocycles. The molecule has 4 nitrogen and oxygen atoms in total. The van der Waals surface area contributed by atoms with Crippen molar-refractivity contribution >= 4 is 11.2 Å². The molecule has 1 aliphatic rings. The summed E-state index contributed by atoms with van der Waals surface area (Å²) in [6.45, 7) is 8.68. The van der Waals surface area contributed by atoms with Crippen LogP contribution in [0.25, 0.3) is 11.2 Å².